The van der Waals surface area contributed by atoms with E-state index in [2.05, 4.69) is 20.7 Å². The highest BCUT2D eigenvalue weighted by Crippen LogP contribution is 2.40. The van der Waals surface area contributed by atoms with Crippen molar-refractivity contribution in [1.29, 1.82) is 0 Å². The summed E-state index contributed by atoms with van der Waals surface area (Å²) in [6.07, 6.45) is 0.610. The summed E-state index contributed by atoms with van der Waals surface area (Å²) in [6.45, 7) is 3.61. The van der Waals surface area contributed by atoms with Crippen molar-refractivity contribution in [3.05, 3.63) is 45.9 Å². The van der Waals surface area contributed by atoms with Crippen molar-refractivity contribution < 1.29 is 22.7 Å². The second kappa shape index (κ2) is 7.06. The van der Waals surface area contributed by atoms with E-state index in [1.165, 1.54) is 13.0 Å². The fourth-order valence-corrected chi connectivity index (χ4v) is 5.60. The Labute approximate surface area is 171 Å². The molecule has 0 spiro atoms. The Morgan fingerprint density at radius 2 is 2.00 bits per heavy atom. The van der Waals surface area contributed by atoms with Crippen LogP contribution in [-0.2, 0) is 27.8 Å². The molecule has 1 N–H and O–H groups in total. The Kier molecular flexibility index (Phi) is 4.84. The highest BCUT2D eigenvalue weighted by Gasteiger charge is 2.35. The van der Waals surface area contributed by atoms with Crippen molar-refractivity contribution in [2.75, 3.05) is 11.7 Å². The zero-order valence-electron chi connectivity index (χ0n) is 15.4. The van der Waals surface area contributed by atoms with Crippen LogP contribution in [0, 0.1) is 0 Å². The largest absolute Gasteiger partial charge is 0.454 e. The molecule has 0 saturated carbocycles. The molecule has 0 radical (unpaired) electrons. The summed E-state index contributed by atoms with van der Waals surface area (Å²) in [6, 6.07) is 8.60. The Hall–Kier alpha value is -2.10. The summed E-state index contributed by atoms with van der Waals surface area (Å²) in [5.41, 5.74) is 2.04. The van der Waals surface area contributed by atoms with Gasteiger partial charge in [-0.25, -0.2) is 13.1 Å². The predicted molar refractivity (Wildman–Crippen MR) is 107 cm³/mol. The molecule has 28 heavy (non-hydrogen) atoms. The first-order chi connectivity index (χ1) is 13.3. The molecular formula is C19H19BrN2O5S. The van der Waals surface area contributed by atoms with Crippen LogP contribution in [0.15, 0.2) is 39.7 Å². The molecule has 0 aromatic heterocycles. The first kappa shape index (κ1) is 19.2. The van der Waals surface area contributed by atoms with Crippen LogP contribution in [0.25, 0.3) is 0 Å². The van der Waals surface area contributed by atoms with Gasteiger partial charge in [-0.1, -0.05) is 22.0 Å². The van der Waals surface area contributed by atoms with Gasteiger partial charge in [0.05, 0.1) is 5.69 Å². The Morgan fingerprint density at radius 3 is 2.75 bits per heavy atom. The number of hydrogen-bond acceptors (Lipinski definition) is 5. The smallest absolute Gasteiger partial charge is 0.242 e. The minimum absolute atomic E-state index is 0.0930. The molecule has 2 aliphatic rings. The van der Waals surface area contributed by atoms with E-state index in [0.29, 0.717) is 28.1 Å². The topological polar surface area (TPSA) is 84.9 Å². The van der Waals surface area contributed by atoms with Crippen molar-refractivity contribution in [1.82, 2.24) is 4.72 Å². The second-order valence-corrected chi connectivity index (χ2v) is 9.52. The zero-order chi connectivity index (χ0) is 20.1. The number of ether oxygens (including phenoxy) is 2. The van der Waals surface area contributed by atoms with Gasteiger partial charge in [-0.05, 0) is 48.7 Å². The molecule has 1 amide bonds. The van der Waals surface area contributed by atoms with Crippen molar-refractivity contribution in [3.8, 4) is 11.5 Å². The predicted octanol–water partition coefficient (Wildman–Crippen LogP) is 2.95. The number of carbonyl (C=O) groups excluding carboxylic acids is 1. The van der Waals surface area contributed by atoms with Crippen LogP contribution in [0.3, 0.4) is 0 Å². The molecular weight excluding hydrogens is 448 g/mol. The molecule has 1 atom stereocenters. The summed E-state index contributed by atoms with van der Waals surface area (Å²) in [5, 5.41) is 0. The third kappa shape index (κ3) is 3.38. The average molecular weight is 467 g/mol. The van der Waals surface area contributed by atoms with Gasteiger partial charge in [-0.2, -0.15) is 0 Å². The van der Waals surface area contributed by atoms with E-state index in [0.717, 1.165) is 11.1 Å². The van der Waals surface area contributed by atoms with Crippen LogP contribution in [-0.4, -0.2) is 27.2 Å². The number of hydrogen-bond donors (Lipinski definition) is 1. The number of anilines is 1. The SMILES string of the molecule is CC(=O)N1c2c(cc(Br)cc2S(=O)(=O)NCc2ccc3c(c2)OCO3)C[C@@H]1C. The monoisotopic (exact) mass is 466 g/mol. The number of nitrogens with zero attached hydrogens (tertiary/aromatic N) is 1. The third-order valence-electron chi connectivity index (χ3n) is 4.85. The lowest BCUT2D eigenvalue weighted by atomic mass is 10.1. The molecule has 148 valence electrons. The molecule has 0 bridgehead atoms. The Balaban J connectivity index is 1.66. The number of rotatable bonds is 4. The number of nitrogens with one attached hydrogen (secondary N) is 1. The molecule has 0 aliphatic carbocycles. The second-order valence-electron chi connectivity index (χ2n) is 6.87. The van der Waals surface area contributed by atoms with Crippen molar-refractivity contribution >= 4 is 37.5 Å². The normalized spacial score (nSPS) is 17.7. The quantitative estimate of drug-likeness (QED) is 0.748. The number of carbonyl (C=O) groups is 1. The van der Waals surface area contributed by atoms with Gasteiger partial charge in [0.25, 0.3) is 0 Å². The number of benzene rings is 2. The number of sulfonamides is 1. The fraction of sp³-hybridized carbons (Fsp3) is 0.316. The minimum atomic E-state index is -3.86. The Morgan fingerprint density at radius 1 is 1.25 bits per heavy atom. The average Bonchev–Trinajstić information content (AvgIpc) is 3.21. The van der Waals surface area contributed by atoms with E-state index in [-0.39, 0.29) is 30.2 Å². The van der Waals surface area contributed by atoms with Gasteiger partial charge in [0.2, 0.25) is 22.7 Å². The molecule has 0 saturated heterocycles. The van der Waals surface area contributed by atoms with Crippen LogP contribution in [0.2, 0.25) is 0 Å². The van der Waals surface area contributed by atoms with Crippen LogP contribution >= 0.6 is 15.9 Å². The minimum Gasteiger partial charge on any atom is -0.454 e. The van der Waals surface area contributed by atoms with E-state index in [9.17, 15) is 13.2 Å². The van der Waals surface area contributed by atoms with Gasteiger partial charge < -0.3 is 14.4 Å². The maximum atomic E-state index is 13.1. The third-order valence-corrected chi connectivity index (χ3v) is 6.72. The number of fused-ring (bicyclic) bond motifs is 2. The van der Waals surface area contributed by atoms with E-state index < -0.39 is 10.0 Å². The summed E-state index contributed by atoms with van der Waals surface area (Å²) < 4.78 is 40.1. The molecule has 2 aromatic rings. The lowest BCUT2D eigenvalue weighted by Crippen LogP contribution is -2.35. The standard InChI is InChI=1S/C19H19BrN2O5S/c1-11-5-14-7-15(20)8-18(19(14)22(11)12(2)23)28(24,25)21-9-13-3-4-16-17(6-13)27-10-26-16/h3-4,6-8,11,21H,5,9-10H2,1-2H3/t11-/m0/s1. The van der Waals surface area contributed by atoms with Gasteiger partial charge in [0.1, 0.15) is 4.90 Å². The summed E-state index contributed by atoms with van der Waals surface area (Å²) in [7, 11) is -3.86. The highest BCUT2D eigenvalue weighted by molar-refractivity contribution is 9.10. The molecule has 7 nitrogen and oxygen atoms in total. The summed E-state index contributed by atoms with van der Waals surface area (Å²) in [5.74, 6) is 1.06. The molecule has 2 heterocycles. The van der Waals surface area contributed by atoms with E-state index >= 15 is 0 Å². The molecule has 9 heteroatoms. The van der Waals surface area contributed by atoms with Gasteiger partial charge in [0, 0.05) is 24.0 Å². The van der Waals surface area contributed by atoms with E-state index in [1.54, 1.807) is 23.1 Å². The zero-order valence-corrected chi connectivity index (χ0v) is 17.8. The van der Waals surface area contributed by atoms with Gasteiger partial charge in [0.15, 0.2) is 11.5 Å². The van der Waals surface area contributed by atoms with Crippen LogP contribution < -0.4 is 19.1 Å². The van der Waals surface area contributed by atoms with Crippen LogP contribution in [0.5, 0.6) is 11.5 Å². The maximum absolute atomic E-state index is 13.1. The van der Waals surface area contributed by atoms with Crippen LogP contribution in [0.1, 0.15) is 25.0 Å². The lowest BCUT2D eigenvalue weighted by molar-refractivity contribution is -0.116. The van der Waals surface area contributed by atoms with Gasteiger partial charge in [-0.15, -0.1) is 0 Å². The van der Waals surface area contributed by atoms with E-state index in [4.69, 9.17) is 9.47 Å². The molecule has 0 fully saturated rings. The molecule has 0 unspecified atom stereocenters. The number of amides is 1. The number of halogens is 1. The maximum Gasteiger partial charge on any atom is 0.242 e. The van der Waals surface area contributed by atoms with Gasteiger partial charge >= 0.3 is 0 Å². The molecule has 2 aromatic carbocycles. The summed E-state index contributed by atoms with van der Waals surface area (Å²) in [4.78, 5) is 13.8. The van der Waals surface area contributed by atoms with Gasteiger partial charge in [-0.3, -0.25) is 4.79 Å². The van der Waals surface area contributed by atoms with E-state index in [1.807, 2.05) is 13.0 Å². The first-order valence-electron chi connectivity index (χ1n) is 8.76. The van der Waals surface area contributed by atoms with Crippen LogP contribution in [0.4, 0.5) is 5.69 Å². The lowest BCUT2D eigenvalue weighted by Gasteiger charge is -2.23. The Bertz CT molecular complexity index is 1070. The van der Waals surface area contributed by atoms with Crippen molar-refractivity contribution in [2.45, 2.75) is 37.8 Å². The fourth-order valence-electron chi connectivity index (χ4n) is 3.67. The molecule has 2 aliphatic heterocycles. The van der Waals surface area contributed by atoms with Crippen molar-refractivity contribution in [2.24, 2.45) is 0 Å². The highest BCUT2D eigenvalue weighted by atomic mass is 79.9. The van der Waals surface area contributed by atoms with Crippen molar-refractivity contribution in [3.63, 3.8) is 0 Å². The molecule has 4 rings (SSSR count). The summed E-state index contributed by atoms with van der Waals surface area (Å²) >= 11 is 3.39. The first-order valence-corrected chi connectivity index (χ1v) is 11.0.